The van der Waals surface area contributed by atoms with Gasteiger partial charge in [0.25, 0.3) is 0 Å². The Bertz CT molecular complexity index is 115. The van der Waals surface area contributed by atoms with Crippen LogP contribution >= 0.6 is 0 Å². The van der Waals surface area contributed by atoms with E-state index in [4.69, 9.17) is 4.74 Å². The Hall–Kier alpha value is -0.0800. The van der Waals surface area contributed by atoms with Crippen molar-refractivity contribution in [3.63, 3.8) is 0 Å². The first kappa shape index (κ1) is 7.56. The van der Waals surface area contributed by atoms with Crippen LogP contribution < -0.4 is 5.32 Å². The lowest BCUT2D eigenvalue weighted by Gasteiger charge is -2.26. The van der Waals surface area contributed by atoms with Crippen LogP contribution in [0.3, 0.4) is 0 Å². The van der Waals surface area contributed by atoms with Crippen molar-refractivity contribution in [1.82, 2.24) is 5.32 Å². The Morgan fingerprint density at radius 1 is 1.09 bits per heavy atom. The van der Waals surface area contributed by atoms with Crippen LogP contribution in [-0.4, -0.2) is 19.4 Å². The standard InChI is InChI=1S/C9H17NO/c1-2-4-8(5-3-1)9-10-6-7-11-9/h8-10H,1-7H2. The zero-order chi connectivity index (χ0) is 7.52. The second-order valence-corrected chi connectivity index (χ2v) is 3.64. The van der Waals surface area contributed by atoms with Crippen molar-refractivity contribution in [2.75, 3.05) is 13.2 Å². The lowest BCUT2D eigenvalue weighted by molar-refractivity contribution is 0.0369. The van der Waals surface area contributed by atoms with Crippen LogP contribution in [0.2, 0.25) is 0 Å². The molecule has 0 aromatic heterocycles. The van der Waals surface area contributed by atoms with E-state index in [-0.39, 0.29) is 0 Å². The van der Waals surface area contributed by atoms with Gasteiger partial charge in [0.1, 0.15) is 6.23 Å². The summed E-state index contributed by atoms with van der Waals surface area (Å²) in [5.74, 6) is 0.811. The molecule has 0 spiro atoms. The maximum Gasteiger partial charge on any atom is 0.111 e. The zero-order valence-corrected chi connectivity index (χ0v) is 7.01. The van der Waals surface area contributed by atoms with Crippen molar-refractivity contribution in [2.24, 2.45) is 5.92 Å². The monoisotopic (exact) mass is 155 g/mol. The van der Waals surface area contributed by atoms with Crippen molar-refractivity contribution >= 4 is 0 Å². The van der Waals surface area contributed by atoms with Crippen molar-refractivity contribution in [1.29, 1.82) is 0 Å². The molecular formula is C9H17NO. The Morgan fingerprint density at radius 2 is 1.91 bits per heavy atom. The van der Waals surface area contributed by atoms with Gasteiger partial charge in [-0.2, -0.15) is 0 Å². The van der Waals surface area contributed by atoms with E-state index in [1.165, 1.54) is 32.1 Å². The highest BCUT2D eigenvalue weighted by Gasteiger charge is 2.26. The molecule has 2 rings (SSSR count). The van der Waals surface area contributed by atoms with Crippen LogP contribution in [-0.2, 0) is 4.74 Å². The molecule has 1 N–H and O–H groups in total. The van der Waals surface area contributed by atoms with Gasteiger partial charge in [-0.3, -0.25) is 5.32 Å². The maximum atomic E-state index is 5.58. The smallest absolute Gasteiger partial charge is 0.111 e. The van der Waals surface area contributed by atoms with Gasteiger partial charge in [-0.05, 0) is 18.8 Å². The second kappa shape index (κ2) is 3.55. The summed E-state index contributed by atoms with van der Waals surface area (Å²) in [4.78, 5) is 0. The highest BCUT2D eigenvalue weighted by atomic mass is 16.5. The summed E-state index contributed by atoms with van der Waals surface area (Å²) < 4.78 is 5.58. The number of nitrogens with one attached hydrogen (secondary N) is 1. The van der Waals surface area contributed by atoms with Gasteiger partial charge in [-0.25, -0.2) is 0 Å². The van der Waals surface area contributed by atoms with E-state index in [1.54, 1.807) is 0 Å². The zero-order valence-electron chi connectivity index (χ0n) is 7.01. The summed E-state index contributed by atoms with van der Waals surface area (Å²) in [7, 11) is 0. The minimum atomic E-state index is 0.398. The summed E-state index contributed by atoms with van der Waals surface area (Å²) >= 11 is 0. The van der Waals surface area contributed by atoms with Crippen LogP contribution in [0.1, 0.15) is 32.1 Å². The molecule has 2 aliphatic rings. The largest absolute Gasteiger partial charge is 0.362 e. The molecule has 1 saturated carbocycles. The Balaban J connectivity index is 1.82. The summed E-state index contributed by atoms with van der Waals surface area (Å²) in [5, 5.41) is 3.40. The van der Waals surface area contributed by atoms with Crippen molar-refractivity contribution in [2.45, 2.75) is 38.3 Å². The fraction of sp³-hybridized carbons (Fsp3) is 1.00. The minimum Gasteiger partial charge on any atom is -0.362 e. The fourth-order valence-corrected chi connectivity index (χ4v) is 2.19. The van der Waals surface area contributed by atoms with Gasteiger partial charge in [0, 0.05) is 6.54 Å². The highest BCUT2D eigenvalue weighted by Crippen LogP contribution is 2.27. The highest BCUT2D eigenvalue weighted by molar-refractivity contribution is 4.75. The fourth-order valence-electron chi connectivity index (χ4n) is 2.19. The van der Waals surface area contributed by atoms with Gasteiger partial charge in [0.15, 0.2) is 0 Å². The van der Waals surface area contributed by atoms with Gasteiger partial charge in [-0.15, -0.1) is 0 Å². The molecule has 0 aromatic carbocycles. The molecule has 0 aromatic rings. The van der Waals surface area contributed by atoms with Crippen molar-refractivity contribution in [3.8, 4) is 0 Å². The first-order chi connectivity index (χ1) is 5.47. The first-order valence-electron chi connectivity index (χ1n) is 4.82. The number of hydrogen-bond acceptors (Lipinski definition) is 2. The molecule has 1 atom stereocenters. The first-order valence-corrected chi connectivity index (χ1v) is 4.82. The molecule has 1 saturated heterocycles. The molecule has 11 heavy (non-hydrogen) atoms. The third kappa shape index (κ3) is 1.74. The van der Waals surface area contributed by atoms with Crippen LogP contribution in [0.25, 0.3) is 0 Å². The SMILES string of the molecule is C1CCC(C2NCCO2)CC1. The van der Waals surface area contributed by atoms with Gasteiger partial charge in [-0.1, -0.05) is 19.3 Å². The molecule has 2 nitrogen and oxygen atoms in total. The third-order valence-corrected chi connectivity index (χ3v) is 2.82. The van der Waals surface area contributed by atoms with E-state index in [0.29, 0.717) is 6.23 Å². The molecule has 64 valence electrons. The quantitative estimate of drug-likeness (QED) is 0.619. The van der Waals surface area contributed by atoms with E-state index in [2.05, 4.69) is 5.32 Å². The average Bonchev–Trinajstić information content (AvgIpc) is 2.58. The topological polar surface area (TPSA) is 21.3 Å². The molecule has 0 amide bonds. The second-order valence-electron chi connectivity index (χ2n) is 3.64. The van der Waals surface area contributed by atoms with Gasteiger partial charge < -0.3 is 4.74 Å². The van der Waals surface area contributed by atoms with E-state index < -0.39 is 0 Å². The van der Waals surface area contributed by atoms with E-state index >= 15 is 0 Å². The van der Waals surface area contributed by atoms with E-state index in [1.807, 2.05) is 0 Å². The molecule has 0 radical (unpaired) electrons. The van der Waals surface area contributed by atoms with Crippen LogP contribution in [0.5, 0.6) is 0 Å². The molecule has 1 unspecified atom stereocenters. The Morgan fingerprint density at radius 3 is 2.55 bits per heavy atom. The summed E-state index contributed by atoms with van der Waals surface area (Å²) in [6.07, 6.45) is 7.40. The molecule has 0 bridgehead atoms. The summed E-state index contributed by atoms with van der Waals surface area (Å²) in [6, 6.07) is 0. The molecular weight excluding hydrogens is 138 g/mol. The van der Waals surface area contributed by atoms with Gasteiger partial charge in [0.05, 0.1) is 6.61 Å². The molecule has 1 aliphatic carbocycles. The minimum absolute atomic E-state index is 0.398. The Kier molecular flexibility index (Phi) is 2.44. The van der Waals surface area contributed by atoms with Crippen LogP contribution in [0, 0.1) is 5.92 Å². The van der Waals surface area contributed by atoms with Crippen LogP contribution in [0.15, 0.2) is 0 Å². The third-order valence-electron chi connectivity index (χ3n) is 2.82. The predicted molar refractivity (Wildman–Crippen MR) is 44.3 cm³/mol. The predicted octanol–water partition coefficient (Wildman–Crippen LogP) is 1.51. The lowest BCUT2D eigenvalue weighted by atomic mass is 9.88. The maximum absolute atomic E-state index is 5.58. The normalized spacial score (nSPS) is 34.4. The molecule has 1 aliphatic heterocycles. The van der Waals surface area contributed by atoms with Crippen molar-refractivity contribution < 1.29 is 4.74 Å². The molecule has 1 heterocycles. The van der Waals surface area contributed by atoms with E-state index in [0.717, 1.165) is 19.1 Å². The molecule has 2 fully saturated rings. The molecule has 2 heteroatoms. The summed E-state index contributed by atoms with van der Waals surface area (Å²) in [5.41, 5.74) is 0. The van der Waals surface area contributed by atoms with Gasteiger partial charge in [0.2, 0.25) is 0 Å². The number of rotatable bonds is 1. The average molecular weight is 155 g/mol. The summed E-state index contributed by atoms with van der Waals surface area (Å²) in [6.45, 7) is 1.97. The number of ether oxygens (including phenoxy) is 1. The van der Waals surface area contributed by atoms with Crippen LogP contribution in [0.4, 0.5) is 0 Å². The Labute approximate surface area is 68.3 Å². The van der Waals surface area contributed by atoms with Gasteiger partial charge >= 0.3 is 0 Å². The van der Waals surface area contributed by atoms with E-state index in [9.17, 15) is 0 Å². The lowest BCUT2D eigenvalue weighted by Crippen LogP contribution is -2.32. The number of hydrogen-bond donors (Lipinski definition) is 1. The van der Waals surface area contributed by atoms with Crippen molar-refractivity contribution in [3.05, 3.63) is 0 Å².